The molecular formula is C15H21F3N2S. The Hall–Kier alpha value is -0.620. The van der Waals surface area contributed by atoms with Gasteiger partial charge >= 0.3 is 6.18 Å². The highest BCUT2D eigenvalue weighted by Crippen LogP contribution is 2.53. The minimum absolute atomic E-state index is 0.0499. The molecule has 118 valence electrons. The van der Waals surface area contributed by atoms with E-state index >= 15 is 0 Å². The number of fused-ring (bicyclic) bond motifs is 2. The van der Waals surface area contributed by atoms with Crippen LogP contribution in [0.5, 0.6) is 0 Å². The maximum Gasteiger partial charge on any atom is 0.443 e. The van der Waals surface area contributed by atoms with E-state index in [2.05, 4.69) is 17.2 Å². The fraction of sp³-hybridized carbons (Fsp3) is 0.800. The molecule has 4 atom stereocenters. The predicted octanol–water partition coefficient (Wildman–Crippen LogP) is 4.64. The molecule has 1 aromatic rings. The Labute approximate surface area is 127 Å². The summed E-state index contributed by atoms with van der Waals surface area (Å²) in [5.74, 6) is 1.96. The number of aromatic nitrogens is 1. The Morgan fingerprint density at radius 2 is 2.19 bits per heavy atom. The highest BCUT2D eigenvalue weighted by atomic mass is 32.1. The molecule has 21 heavy (non-hydrogen) atoms. The monoisotopic (exact) mass is 318 g/mol. The molecule has 0 saturated heterocycles. The molecule has 2 saturated carbocycles. The van der Waals surface area contributed by atoms with Crippen LogP contribution in [0.15, 0.2) is 6.20 Å². The lowest BCUT2D eigenvalue weighted by Crippen LogP contribution is -2.31. The first-order valence-corrected chi connectivity index (χ1v) is 8.57. The van der Waals surface area contributed by atoms with Crippen molar-refractivity contribution in [2.45, 2.75) is 51.2 Å². The molecule has 1 N–H and O–H groups in total. The second kappa shape index (κ2) is 5.88. The van der Waals surface area contributed by atoms with Crippen molar-refractivity contribution in [3.05, 3.63) is 16.1 Å². The second-order valence-corrected chi connectivity index (χ2v) is 7.40. The summed E-state index contributed by atoms with van der Waals surface area (Å²) in [6.07, 6.45) is 3.07. The average Bonchev–Trinajstić information content (AvgIpc) is 3.14. The first kappa shape index (κ1) is 15.3. The largest absolute Gasteiger partial charge is 0.443 e. The Morgan fingerprint density at radius 1 is 1.38 bits per heavy atom. The van der Waals surface area contributed by atoms with Gasteiger partial charge in [-0.2, -0.15) is 13.2 Å². The summed E-state index contributed by atoms with van der Waals surface area (Å²) in [6, 6.07) is 0.0499. The normalized spacial score (nSPS) is 30.0. The highest BCUT2D eigenvalue weighted by Gasteiger charge is 2.44. The third-order valence-electron chi connectivity index (χ3n) is 4.91. The summed E-state index contributed by atoms with van der Waals surface area (Å²) in [6.45, 7) is 2.93. The van der Waals surface area contributed by atoms with Gasteiger partial charge in [-0.05, 0) is 50.0 Å². The van der Waals surface area contributed by atoms with E-state index in [4.69, 9.17) is 0 Å². The van der Waals surface area contributed by atoms with Gasteiger partial charge in [0, 0.05) is 17.1 Å². The van der Waals surface area contributed by atoms with Crippen molar-refractivity contribution in [3.8, 4) is 0 Å². The molecule has 2 aliphatic carbocycles. The molecule has 0 aromatic carbocycles. The Morgan fingerprint density at radius 3 is 2.71 bits per heavy atom. The molecule has 1 aromatic heterocycles. The Bertz CT molecular complexity index is 486. The third-order valence-corrected chi connectivity index (χ3v) is 6.03. The van der Waals surface area contributed by atoms with Crippen LogP contribution in [0, 0.1) is 17.8 Å². The van der Waals surface area contributed by atoms with E-state index in [1.807, 2.05) is 0 Å². The number of thiazole rings is 1. The van der Waals surface area contributed by atoms with Crippen LogP contribution in [-0.2, 0) is 6.18 Å². The van der Waals surface area contributed by atoms with Gasteiger partial charge in [0.05, 0.1) is 0 Å². The van der Waals surface area contributed by atoms with Crippen molar-refractivity contribution in [1.29, 1.82) is 0 Å². The van der Waals surface area contributed by atoms with Gasteiger partial charge in [-0.3, -0.25) is 0 Å². The number of halogens is 3. The number of nitrogens with zero attached hydrogens (tertiary/aromatic N) is 1. The maximum absolute atomic E-state index is 12.8. The fourth-order valence-corrected chi connectivity index (χ4v) is 4.96. The lowest BCUT2D eigenvalue weighted by atomic mass is 9.82. The van der Waals surface area contributed by atoms with Crippen LogP contribution in [0.3, 0.4) is 0 Å². The van der Waals surface area contributed by atoms with Crippen molar-refractivity contribution < 1.29 is 13.2 Å². The quantitative estimate of drug-likeness (QED) is 0.855. The lowest BCUT2D eigenvalue weighted by molar-refractivity contribution is -0.137. The summed E-state index contributed by atoms with van der Waals surface area (Å²) in [4.78, 5) is 4.36. The van der Waals surface area contributed by atoms with Crippen LogP contribution in [0.25, 0.3) is 0 Å². The van der Waals surface area contributed by atoms with E-state index < -0.39 is 11.2 Å². The zero-order chi connectivity index (χ0) is 15.0. The molecule has 4 unspecified atom stereocenters. The highest BCUT2D eigenvalue weighted by molar-refractivity contribution is 7.11. The van der Waals surface area contributed by atoms with Gasteiger partial charge in [0.1, 0.15) is 0 Å². The number of hydrogen-bond donors (Lipinski definition) is 1. The number of rotatable bonds is 5. The summed E-state index contributed by atoms with van der Waals surface area (Å²) in [7, 11) is 0. The molecule has 0 amide bonds. The van der Waals surface area contributed by atoms with Crippen LogP contribution >= 0.6 is 11.3 Å². The molecule has 3 rings (SSSR count). The van der Waals surface area contributed by atoms with Gasteiger partial charge in [-0.15, -0.1) is 11.3 Å². The smallest absolute Gasteiger partial charge is 0.309 e. The van der Waals surface area contributed by atoms with Crippen molar-refractivity contribution in [1.82, 2.24) is 10.3 Å². The van der Waals surface area contributed by atoms with Gasteiger partial charge in [0.2, 0.25) is 0 Å². The average molecular weight is 318 g/mol. The van der Waals surface area contributed by atoms with Crippen LogP contribution in [0.1, 0.15) is 55.0 Å². The lowest BCUT2D eigenvalue weighted by Gasteiger charge is -2.30. The summed E-state index contributed by atoms with van der Waals surface area (Å²) in [5, 5.41) is 2.76. The van der Waals surface area contributed by atoms with Gasteiger partial charge in [0.15, 0.2) is 5.01 Å². The second-order valence-electron chi connectivity index (χ2n) is 6.34. The fourth-order valence-electron chi connectivity index (χ4n) is 4.03. The van der Waals surface area contributed by atoms with E-state index in [-0.39, 0.29) is 6.04 Å². The number of hydrogen-bond acceptors (Lipinski definition) is 3. The first-order chi connectivity index (χ1) is 9.99. The summed E-state index contributed by atoms with van der Waals surface area (Å²) in [5.41, 5.74) is 0. The van der Waals surface area contributed by atoms with E-state index in [0.717, 1.165) is 41.5 Å². The number of alkyl halides is 3. The van der Waals surface area contributed by atoms with Crippen LogP contribution in [0.2, 0.25) is 0 Å². The van der Waals surface area contributed by atoms with Gasteiger partial charge in [0.25, 0.3) is 0 Å². The van der Waals surface area contributed by atoms with E-state index in [0.29, 0.717) is 11.8 Å². The minimum atomic E-state index is -4.33. The van der Waals surface area contributed by atoms with Crippen molar-refractivity contribution >= 4 is 11.3 Å². The zero-order valence-electron chi connectivity index (χ0n) is 12.1. The summed E-state index contributed by atoms with van der Waals surface area (Å²) < 4.78 is 38.3. The topological polar surface area (TPSA) is 24.9 Å². The molecule has 0 radical (unpaired) electrons. The predicted molar refractivity (Wildman–Crippen MR) is 77.1 cm³/mol. The van der Waals surface area contributed by atoms with E-state index in [9.17, 15) is 13.2 Å². The number of nitrogens with one attached hydrogen (secondary N) is 1. The van der Waals surface area contributed by atoms with Gasteiger partial charge < -0.3 is 5.32 Å². The van der Waals surface area contributed by atoms with Gasteiger partial charge in [-0.1, -0.05) is 13.3 Å². The Kier molecular flexibility index (Phi) is 4.28. The first-order valence-electron chi connectivity index (χ1n) is 7.75. The van der Waals surface area contributed by atoms with E-state index in [1.54, 1.807) is 0 Å². The molecule has 6 heteroatoms. The van der Waals surface area contributed by atoms with Crippen molar-refractivity contribution in [2.24, 2.45) is 17.8 Å². The zero-order valence-corrected chi connectivity index (χ0v) is 12.9. The molecule has 1 heterocycles. The Balaban J connectivity index is 1.80. The summed E-state index contributed by atoms with van der Waals surface area (Å²) >= 11 is 0.814. The molecule has 2 bridgehead atoms. The van der Waals surface area contributed by atoms with Crippen molar-refractivity contribution in [3.63, 3.8) is 0 Å². The SMILES string of the molecule is CCCNC(c1cnc(C(F)(F)F)s1)C1CC2CCC1C2. The molecule has 0 aliphatic heterocycles. The molecule has 2 fully saturated rings. The van der Waals surface area contributed by atoms with E-state index in [1.165, 1.54) is 25.5 Å². The van der Waals surface area contributed by atoms with Crippen molar-refractivity contribution in [2.75, 3.05) is 6.54 Å². The minimum Gasteiger partial charge on any atom is -0.309 e. The molecule has 2 aliphatic rings. The standard InChI is InChI=1S/C15H21F3N2S/c1-2-5-19-13(11-7-9-3-4-10(11)6-9)12-8-20-14(21-12)15(16,17)18/h8-11,13,19H,2-7H2,1H3. The molecule has 0 spiro atoms. The maximum atomic E-state index is 12.8. The van der Waals surface area contributed by atoms with Gasteiger partial charge in [-0.25, -0.2) is 4.98 Å². The third kappa shape index (κ3) is 3.11. The van der Waals surface area contributed by atoms with Crippen LogP contribution in [-0.4, -0.2) is 11.5 Å². The van der Waals surface area contributed by atoms with Crippen LogP contribution in [0.4, 0.5) is 13.2 Å². The van der Waals surface area contributed by atoms with Crippen LogP contribution < -0.4 is 5.32 Å². The molecule has 2 nitrogen and oxygen atoms in total. The molecular weight excluding hydrogens is 297 g/mol.